The molecular weight excluding hydrogens is 254 g/mol. The third kappa shape index (κ3) is 3.73. The Labute approximate surface area is 122 Å². The number of benzene rings is 1. The Bertz CT molecular complexity index is 381. The quantitative estimate of drug-likeness (QED) is 0.595. The Morgan fingerprint density at radius 2 is 1.79 bits per heavy atom. The zero-order valence-corrected chi connectivity index (χ0v) is 12.8. The highest BCUT2D eigenvalue weighted by molar-refractivity contribution is 6.31. The number of nitrogens with one attached hydrogen (secondary N) is 1. The molecule has 1 aromatic rings. The van der Waals surface area contributed by atoms with E-state index in [0.29, 0.717) is 0 Å². The average Bonchev–Trinajstić information content (AvgIpc) is 2.66. The predicted octanol–water partition coefficient (Wildman–Crippen LogP) is 4.93. The van der Waals surface area contributed by atoms with Gasteiger partial charge in [0.1, 0.15) is 0 Å². The van der Waals surface area contributed by atoms with Gasteiger partial charge in [-0.25, -0.2) is 0 Å². The summed E-state index contributed by atoms with van der Waals surface area (Å²) in [5.41, 5.74) is 1.62. The molecule has 1 aliphatic rings. The minimum atomic E-state index is 0.254. The molecule has 1 N–H and O–H groups in total. The molecule has 0 radical (unpaired) electrons. The highest BCUT2D eigenvalue weighted by Gasteiger charge is 2.33. The monoisotopic (exact) mass is 279 g/mol. The van der Waals surface area contributed by atoms with Crippen molar-refractivity contribution >= 4 is 11.6 Å². The Hall–Kier alpha value is -0.530. The molecule has 0 bridgehead atoms. The molecule has 0 saturated heterocycles. The van der Waals surface area contributed by atoms with Crippen LogP contribution in [0.2, 0.25) is 5.02 Å². The lowest BCUT2D eigenvalue weighted by Gasteiger charge is -2.34. The molecule has 0 atom stereocenters. The van der Waals surface area contributed by atoms with E-state index in [-0.39, 0.29) is 5.41 Å². The normalized spacial score (nSPS) is 19.1. The molecule has 0 unspecified atom stereocenters. The van der Waals surface area contributed by atoms with Crippen molar-refractivity contribution in [1.82, 2.24) is 5.32 Å². The van der Waals surface area contributed by atoms with Gasteiger partial charge in [0.15, 0.2) is 0 Å². The van der Waals surface area contributed by atoms with Crippen molar-refractivity contribution in [3.8, 4) is 0 Å². The van der Waals surface area contributed by atoms with Crippen LogP contribution in [-0.4, -0.2) is 13.1 Å². The molecule has 0 aliphatic heterocycles. The fourth-order valence-electron chi connectivity index (χ4n) is 3.34. The van der Waals surface area contributed by atoms with Crippen molar-refractivity contribution < 1.29 is 0 Å². The van der Waals surface area contributed by atoms with Gasteiger partial charge in [-0.05, 0) is 37.4 Å². The first-order chi connectivity index (χ1) is 9.28. The van der Waals surface area contributed by atoms with Gasteiger partial charge < -0.3 is 5.32 Å². The van der Waals surface area contributed by atoms with E-state index in [9.17, 15) is 0 Å². The van der Waals surface area contributed by atoms with E-state index in [4.69, 9.17) is 11.6 Å². The molecule has 2 rings (SSSR count). The minimum absolute atomic E-state index is 0.254. The van der Waals surface area contributed by atoms with Crippen LogP contribution >= 0.6 is 11.6 Å². The fraction of sp³-hybridized carbons (Fsp3) is 0.647. The fourth-order valence-corrected chi connectivity index (χ4v) is 3.68. The maximum absolute atomic E-state index is 6.49. The summed E-state index contributed by atoms with van der Waals surface area (Å²) in [6.07, 6.45) is 9.15. The highest BCUT2D eigenvalue weighted by Crippen LogP contribution is 2.40. The van der Waals surface area contributed by atoms with Gasteiger partial charge >= 0.3 is 0 Å². The number of hydrogen-bond acceptors (Lipinski definition) is 1. The molecule has 0 amide bonds. The molecule has 1 aromatic carbocycles. The molecule has 19 heavy (non-hydrogen) atoms. The highest BCUT2D eigenvalue weighted by atomic mass is 35.5. The van der Waals surface area contributed by atoms with E-state index in [1.807, 2.05) is 12.1 Å². The molecular formula is C17H26ClN. The third-order valence-corrected chi connectivity index (χ3v) is 4.73. The molecule has 2 heteroatoms. The summed E-state index contributed by atoms with van der Waals surface area (Å²) in [7, 11) is 0. The van der Waals surface area contributed by atoms with Crippen molar-refractivity contribution in [2.75, 3.05) is 13.1 Å². The van der Waals surface area contributed by atoms with Crippen molar-refractivity contribution in [2.24, 2.45) is 0 Å². The first-order valence-electron chi connectivity index (χ1n) is 7.74. The standard InChI is InChI=1S/C17H26ClN/c1-2-13-19-14-17(11-7-3-4-8-12-17)15-9-5-6-10-16(15)18/h5-6,9-10,19H,2-4,7-8,11-14H2,1H3. The summed E-state index contributed by atoms with van der Waals surface area (Å²) in [4.78, 5) is 0. The van der Waals surface area contributed by atoms with E-state index in [1.165, 1.54) is 50.5 Å². The summed E-state index contributed by atoms with van der Waals surface area (Å²) < 4.78 is 0. The van der Waals surface area contributed by atoms with E-state index in [2.05, 4.69) is 24.4 Å². The summed E-state index contributed by atoms with van der Waals surface area (Å²) >= 11 is 6.49. The summed E-state index contributed by atoms with van der Waals surface area (Å²) in [6, 6.07) is 8.45. The zero-order valence-electron chi connectivity index (χ0n) is 12.1. The zero-order chi connectivity index (χ0) is 13.6. The maximum atomic E-state index is 6.49. The number of hydrogen-bond donors (Lipinski definition) is 1. The second kappa shape index (κ2) is 7.31. The summed E-state index contributed by atoms with van der Waals surface area (Å²) in [5, 5.41) is 4.59. The number of rotatable bonds is 5. The van der Waals surface area contributed by atoms with Crippen LogP contribution in [0.4, 0.5) is 0 Å². The first kappa shape index (κ1) is 14.9. The van der Waals surface area contributed by atoms with Gasteiger partial charge in [-0.2, -0.15) is 0 Å². The van der Waals surface area contributed by atoms with E-state index < -0.39 is 0 Å². The van der Waals surface area contributed by atoms with Gasteiger partial charge in [-0.3, -0.25) is 0 Å². The smallest absolute Gasteiger partial charge is 0.0444 e. The maximum Gasteiger partial charge on any atom is 0.0444 e. The molecule has 106 valence electrons. The minimum Gasteiger partial charge on any atom is -0.316 e. The van der Waals surface area contributed by atoms with Crippen LogP contribution in [0.1, 0.15) is 57.4 Å². The predicted molar refractivity (Wildman–Crippen MR) is 84.0 cm³/mol. The van der Waals surface area contributed by atoms with Crippen LogP contribution in [0.15, 0.2) is 24.3 Å². The van der Waals surface area contributed by atoms with Crippen LogP contribution in [0, 0.1) is 0 Å². The molecule has 1 fully saturated rings. The molecule has 1 aliphatic carbocycles. The van der Waals surface area contributed by atoms with Crippen LogP contribution in [-0.2, 0) is 5.41 Å². The third-order valence-electron chi connectivity index (χ3n) is 4.40. The van der Waals surface area contributed by atoms with E-state index in [1.54, 1.807) is 0 Å². The largest absolute Gasteiger partial charge is 0.316 e. The van der Waals surface area contributed by atoms with Gasteiger partial charge in [0, 0.05) is 17.0 Å². The van der Waals surface area contributed by atoms with Gasteiger partial charge in [-0.1, -0.05) is 62.4 Å². The van der Waals surface area contributed by atoms with Crippen LogP contribution in [0.25, 0.3) is 0 Å². The van der Waals surface area contributed by atoms with Crippen LogP contribution in [0.3, 0.4) is 0 Å². The van der Waals surface area contributed by atoms with Crippen LogP contribution in [0.5, 0.6) is 0 Å². The number of halogens is 1. The second-order valence-corrected chi connectivity index (χ2v) is 6.26. The van der Waals surface area contributed by atoms with E-state index in [0.717, 1.165) is 18.1 Å². The SMILES string of the molecule is CCCNCC1(c2ccccc2Cl)CCCCCC1. The first-order valence-corrected chi connectivity index (χ1v) is 8.12. The van der Waals surface area contributed by atoms with Crippen molar-refractivity contribution in [2.45, 2.75) is 57.3 Å². The van der Waals surface area contributed by atoms with Crippen molar-refractivity contribution in [1.29, 1.82) is 0 Å². The molecule has 1 nitrogen and oxygen atoms in total. The molecule has 0 spiro atoms. The topological polar surface area (TPSA) is 12.0 Å². The Morgan fingerprint density at radius 1 is 1.11 bits per heavy atom. The Balaban J connectivity index is 2.24. The molecule has 0 aromatic heterocycles. The van der Waals surface area contributed by atoms with Gasteiger partial charge in [0.05, 0.1) is 0 Å². The Morgan fingerprint density at radius 3 is 2.42 bits per heavy atom. The lowest BCUT2D eigenvalue weighted by atomic mass is 9.74. The summed E-state index contributed by atoms with van der Waals surface area (Å²) in [5.74, 6) is 0. The van der Waals surface area contributed by atoms with Crippen molar-refractivity contribution in [3.63, 3.8) is 0 Å². The van der Waals surface area contributed by atoms with Crippen molar-refractivity contribution in [3.05, 3.63) is 34.9 Å². The van der Waals surface area contributed by atoms with Crippen LogP contribution < -0.4 is 5.32 Å². The van der Waals surface area contributed by atoms with Gasteiger partial charge in [0.25, 0.3) is 0 Å². The molecule has 0 heterocycles. The lowest BCUT2D eigenvalue weighted by molar-refractivity contribution is 0.348. The van der Waals surface area contributed by atoms with E-state index >= 15 is 0 Å². The second-order valence-electron chi connectivity index (χ2n) is 5.85. The average molecular weight is 280 g/mol. The molecule has 1 saturated carbocycles. The Kier molecular flexibility index (Phi) is 5.72. The van der Waals surface area contributed by atoms with Gasteiger partial charge in [0.2, 0.25) is 0 Å². The van der Waals surface area contributed by atoms with Gasteiger partial charge in [-0.15, -0.1) is 0 Å². The lowest BCUT2D eigenvalue weighted by Crippen LogP contribution is -2.38. The summed E-state index contributed by atoms with van der Waals surface area (Å²) in [6.45, 7) is 4.40.